The lowest BCUT2D eigenvalue weighted by molar-refractivity contribution is -0.139. The summed E-state index contributed by atoms with van der Waals surface area (Å²) in [6.07, 6.45) is 1.14. The Morgan fingerprint density at radius 3 is 2.18 bits per heavy atom. The number of fused-ring (bicyclic) bond motifs is 4. The molecule has 5 aromatic rings. The molecule has 0 bridgehead atoms. The Morgan fingerprint density at radius 1 is 0.868 bits per heavy atom. The molecule has 0 spiro atoms. The maximum atomic E-state index is 12.7. The molecule has 0 fully saturated rings. The molecular weight excluding hydrogens is 478 g/mol. The highest BCUT2D eigenvalue weighted by Gasteiger charge is 2.29. The number of hydrogen-bond donors (Lipinski definition) is 2. The van der Waals surface area contributed by atoms with Gasteiger partial charge in [-0.15, -0.1) is 0 Å². The van der Waals surface area contributed by atoms with Crippen molar-refractivity contribution in [2.75, 3.05) is 6.61 Å². The van der Waals surface area contributed by atoms with Gasteiger partial charge in [-0.1, -0.05) is 72.8 Å². The second-order valence-electron chi connectivity index (χ2n) is 9.33. The van der Waals surface area contributed by atoms with Crippen molar-refractivity contribution in [2.24, 2.45) is 0 Å². The zero-order chi connectivity index (χ0) is 26.1. The highest BCUT2D eigenvalue weighted by molar-refractivity contribution is 5.81. The molecule has 0 aliphatic heterocycles. The summed E-state index contributed by atoms with van der Waals surface area (Å²) in [6, 6.07) is 30.4. The molecule has 0 radical (unpaired) electrons. The van der Waals surface area contributed by atoms with E-state index in [2.05, 4.69) is 22.4 Å². The standard InChI is InChI=1S/C31H25N3O4/c35-30(36)28(17-20-13-15-21(16-14-20)34-19-32-27-11-5-6-12-29(27)34)33-31(37)38-18-26-24-9-3-1-7-22(24)23-8-2-4-10-25(23)26/h1-16,19,26,28H,17-18H2,(H,33,37)(H,35,36). The van der Waals surface area contributed by atoms with Crippen LogP contribution in [0.15, 0.2) is 103 Å². The average Bonchev–Trinajstić information content (AvgIpc) is 3.51. The van der Waals surface area contributed by atoms with Gasteiger partial charge in [0.05, 0.1) is 11.0 Å². The molecule has 6 rings (SSSR count). The fraction of sp³-hybridized carbons (Fsp3) is 0.129. The van der Waals surface area contributed by atoms with Crippen molar-refractivity contribution >= 4 is 23.1 Å². The van der Waals surface area contributed by atoms with E-state index in [0.29, 0.717) is 0 Å². The number of carbonyl (C=O) groups is 2. The van der Waals surface area contributed by atoms with Crippen molar-refractivity contribution in [3.8, 4) is 16.8 Å². The number of imidazole rings is 1. The van der Waals surface area contributed by atoms with Crippen LogP contribution in [-0.4, -0.2) is 39.4 Å². The lowest BCUT2D eigenvalue weighted by Crippen LogP contribution is -2.42. The number of nitrogens with zero attached hydrogens (tertiary/aromatic N) is 2. The van der Waals surface area contributed by atoms with Crippen molar-refractivity contribution in [3.05, 3.63) is 120 Å². The maximum absolute atomic E-state index is 12.7. The highest BCUT2D eigenvalue weighted by Crippen LogP contribution is 2.44. The molecule has 2 N–H and O–H groups in total. The van der Waals surface area contributed by atoms with Gasteiger partial charge in [-0.3, -0.25) is 4.57 Å². The van der Waals surface area contributed by atoms with Gasteiger partial charge in [0.15, 0.2) is 0 Å². The number of ether oxygens (including phenoxy) is 1. The summed E-state index contributed by atoms with van der Waals surface area (Å²) in [6.45, 7) is 0.125. The van der Waals surface area contributed by atoms with Crippen LogP contribution in [-0.2, 0) is 16.0 Å². The Morgan fingerprint density at radius 2 is 1.50 bits per heavy atom. The van der Waals surface area contributed by atoms with Gasteiger partial charge >= 0.3 is 12.1 Å². The Bertz CT molecular complexity index is 1600. The van der Waals surface area contributed by atoms with E-state index in [1.807, 2.05) is 89.5 Å². The summed E-state index contributed by atoms with van der Waals surface area (Å²) in [7, 11) is 0. The fourth-order valence-corrected chi connectivity index (χ4v) is 5.18. The lowest BCUT2D eigenvalue weighted by Gasteiger charge is -2.18. The number of aliphatic carboxylic acids is 1. The Kier molecular flexibility index (Phi) is 6.09. The van der Waals surface area contributed by atoms with Gasteiger partial charge in [0.2, 0.25) is 0 Å². The number of amides is 1. The summed E-state index contributed by atoms with van der Waals surface area (Å²) in [5.74, 6) is -1.22. The minimum Gasteiger partial charge on any atom is -0.480 e. The summed E-state index contributed by atoms with van der Waals surface area (Å²) < 4.78 is 7.52. The summed E-state index contributed by atoms with van der Waals surface area (Å²) >= 11 is 0. The highest BCUT2D eigenvalue weighted by atomic mass is 16.5. The van der Waals surface area contributed by atoms with Gasteiger partial charge < -0.3 is 15.2 Å². The van der Waals surface area contributed by atoms with Gasteiger partial charge in [0, 0.05) is 18.0 Å². The second kappa shape index (κ2) is 9.86. The predicted octanol–water partition coefficient (Wildman–Crippen LogP) is 5.56. The number of nitrogens with one attached hydrogen (secondary N) is 1. The van der Waals surface area contributed by atoms with Gasteiger partial charge in [-0.2, -0.15) is 0 Å². The number of benzene rings is 4. The Labute approximate surface area is 219 Å². The van der Waals surface area contributed by atoms with E-state index in [0.717, 1.165) is 44.5 Å². The largest absolute Gasteiger partial charge is 0.480 e. The van der Waals surface area contributed by atoms with Crippen molar-refractivity contribution in [1.29, 1.82) is 0 Å². The lowest BCUT2D eigenvalue weighted by atomic mass is 9.98. The summed E-state index contributed by atoms with van der Waals surface area (Å²) in [4.78, 5) is 29.0. The number of para-hydroxylation sites is 2. The average molecular weight is 504 g/mol. The number of alkyl carbamates (subject to hydrolysis) is 1. The molecule has 1 amide bonds. The normalized spacial score (nSPS) is 13.1. The first-order valence-electron chi connectivity index (χ1n) is 12.4. The van der Waals surface area contributed by atoms with Gasteiger partial charge in [-0.05, 0) is 52.1 Å². The molecule has 1 aliphatic rings. The van der Waals surface area contributed by atoms with E-state index in [-0.39, 0.29) is 18.9 Å². The molecule has 1 unspecified atom stereocenters. The molecule has 4 aromatic carbocycles. The number of carboxylic acid groups (broad SMARTS) is 1. The van der Waals surface area contributed by atoms with Crippen LogP contribution in [0.4, 0.5) is 4.79 Å². The zero-order valence-electron chi connectivity index (χ0n) is 20.5. The van der Waals surface area contributed by atoms with E-state index in [9.17, 15) is 14.7 Å². The van der Waals surface area contributed by atoms with E-state index in [1.165, 1.54) is 0 Å². The Hall–Kier alpha value is -4.91. The van der Waals surface area contributed by atoms with Crippen LogP contribution < -0.4 is 5.32 Å². The zero-order valence-corrected chi connectivity index (χ0v) is 20.5. The monoisotopic (exact) mass is 503 g/mol. The quantitative estimate of drug-likeness (QED) is 0.303. The van der Waals surface area contributed by atoms with Gasteiger partial charge in [0.25, 0.3) is 0 Å². The third-order valence-corrected chi connectivity index (χ3v) is 7.04. The van der Waals surface area contributed by atoms with E-state index < -0.39 is 18.1 Å². The molecule has 0 saturated heterocycles. The number of hydrogen-bond acceptors (Lipinski definition) is 4. The van der Waals surface area contributed by atoms with Gasteiger partial charge in [0.1, 0.15) is 19.0 Å². The van der Waals surface area contributed by atoms with Crippen LogP contribution in [0.25, 0.3) is 27.8 Å². The minimum atomic E-state index is -1.12. The molecule has 1 heterocycles. The smallest absolute Gasteiger partial charge is 0.407 e. The number of rotatable bonds is 7. The first-order valence-corrected chi connectivity index (χ1v) is 12.4. The van der Waals surface area contributed by atoms with Crippen LogP contribution >= 0.6 is 0 Å². The second-order valence-corrected chi connectivity index (χ2v) is 9.33. The number of aromatic nitrogens is 2. The van der Waals surface area contributed by atoms with Crippen molar-refractivity contribution < 1.29 is 19.4 Å². The number of carboxylic acids is 1. The molecule has 1 atom stereocenters. The van der Waals surface area contributed by atoms with Crippen molar-refractivity contribution in [1.82, 2.24) is 14.9 Å². The van der Waals surface area contributed by atoms with Crippen LogP contribution in [0.5, 0.6) is 0 Å². The van der Waals surface area contributed by atoms with E-state index >= 15 is 0 Å². The van der Waals surface area contributed by atoms with E-state index in [1.54, 1.807) is 6.33 Å². The van der Waals surface area contributed by atoms with Crippen molar-refractivity contribution in [3.63, 3.8) is 0 Å². The number of carbonyl (C=O) groups excluding carboxylic acids is 1. The Balaban J connectivity index is 1.11. The summed E-state index contributed by atoms with van der Waals surface area (Å²) in [5, 5.41) is 12.3. The summed E-state index contributed by atoms with van der Waals surface area (Å²) in [5.41, 5.74) is 8.04. The first kappa shape index (κ1) is 23.5. The molecular formula is C31H25N3O4. The molecule has 1 aromatic heterocycles. The van der Waals surface area contributed by atoms with E-state index in [4.69, 9.17) is 4.74 Å². The molecule has 188 valence electrons. The molecule has 7 nitrogen and oxygen atoms in total. The van der Waals surface area contributed by atoms with Crippen LogP contribution in [0.2, 0.25) is 0 Å². The predicted molar refractivity (Wildman–Crippen MR) is 144 cm³/mol. The van der Waals surface area contributed by atoms with Crippen LogP contribution in [0.3, 0.4) is 0 Å². The molecule has 38 heavy (non-hydrogen) atoms. The third kappa shape index (κ3) is 4.39. The minimum absolute atomic E-state index is 0.0942. The first-order chi connectivity index (χ1) is 18.6. The SMILES string of the molecule is O=C(NC(Cc1ccc(-n2cnc3ccccc32)cc1)C(=O)O)OCC1c2ccccc2-c2ccccc21. The molecule has 1 aliphatic carbocycles. The maximum Gasteiger partial charge on any atom is 0.407 e. The fourth-order valence-electron chi connectivity index (χ4n) is 5.18. The van der Waals surface area contributed by atoms with Crippen molar-refractivity contribution in [2.45, 2.75) is 18.4 Å². The van der Waals surface area contributed by atoms with Crippen LogP contribution in [0.1, 0.15) is 22.6 Å². The van der Waals surface area contributed by atoms with Crippen LogP contribution in [0, 0.1) is 0 Å². The molecule has 7 heteroatoms. The molecule has 0 saturated carbocycles. The topological polar surface area (TPSA) is 93.5 Å². The third-order valence-electron chi connectivity index (χ3n) is 7.04. The van der Waals surface area contributed by atoms with Gasteiger partial charge in [-0.25, -0.2) is 14.6 Å².